The molecule has 1 aliphatic rings. The highest BCUT2D eigenvalue weighted by molar-refractivity contribution is 5.27. The molecule has 0 heterocycles. The van der Waals surface area contributed by atoms with Gasteiger partial charge in [-0.25, -0.2) is 0 Å². The van der Waals surface area contributed by atoms with Crippen LogP contribution < -0.4 is 0 Å². The molecule has 0 aromatic carbocycles. The van der Waals surface area contributed by atoms with Crippen molar-refractivity contribution in [1.82, 2.24) is 0 Å². The zero-order valence-corrected chi connectivity index (χ0v) is 5.89. The van der Waals surface area contributed by atoms with Crippen molar-refractivity contribution in [3.8, 4) is 0 Å². The molecule has 0 aliphatic heterocycles. The molecule has 0 aromatic rings. The van der Waals surface area contributed by atoms with Crippen molar-refractivity contribution >= 4 is 0 Å². The monoisotopic (exact) mass is 124 g/mol. The summed E-state index contributed by atoms with van der Waals surface area (Å²) in [5.74, 6) is 0.402. The maximum Gasteiger partial charge on any atom is 0.112 e. The smallest absolute Gasteiger partial charge is 0.112 e. The summed E-state index contributed by atoms with van der Waals surface area (Å²) in [5, 5.41) is 8.97. The van der Waals surface area contributed by atoms with Crippen LogP contribution in [0.3, 0.4) is 0 Å². The van der Waals surface area contributed by atoms with Crippen LogP contribution in [0.4, 0.5) is 0 Å². The summed E-state index contributed by atoms with van der Waals surface area (Å²) in [7, 11) is 0. The van der Waals surface area contributed by atoms with E-state index >= 15 is 0 Å². The molecular weight excluding hydrogens is 112 g/mol. The van der Waals surface area contributed by atoms with Crippen LogP contribution in [0.5, 0.6) is 0 Å². The Morgan fingerprint density at radius 2 is 2.33 bits per heavy atom. The van der Waals surface area contributed by atoms with Gasteiger partial charge in [0.2, 0.25) is 0 Å². The Morgan fingerprint density at radius 1 is 1.67 bits per heavy atom. The van der Waals surface area contributed by atoms with E-state index in [1.807, 2.05) is 12.2 Å². The molecule has 9 heavy (non-hydrogen) atoms. The molecule has 1 aliphatic carbocycles. The first-order chi connectivity index (χ1) is 4.16. The molecular formula is C8H12O. The summed E-state index contributed by atoms with van der Waals surface area (Å²) in [6, 6.07) is 0. The predicted molar refractivity (Wildman–Crippen MR) is 38.2 cm³/mol. The zero-order chi connectivity index (χ0) is 6.91. The summed E-state index contributed by atoms with van der Waals surface area (Å²) in [6.45, 7) is 4.21. The highest BCUT2D eigenvalue weighted by Gasteiger charge is 2.19. The molecule has 0 fully saturated rings. The molecule has 0 saturated heterocycles. The van der Waals surface area contributed by atoms with E-state index in [-0.39, 0.29) is 5.41 Å². The molecule has 0 amide bonds. The molecule has 1 atom stereocenters. The van der Waals surface area contributed by atoms with E-state index in [4.69, 9.17) is 5.11 Å². The maximum atomic E-state index is 8.97. The standard InChI is InChI=1S/C8H12O/c1-3-8(2)5-4-7(9)6-8/h4-6,9H,3H2,1-2H3. The summed E-state index contributed by atoms with van der Waals surface area (Å²) >= 11 is 0. The Bertz CT molecular complexity index is 167. The summed E-state index contributed by atoms with van der Waals surface area (Å²) in [5.41, 5.74) is 0.115. The fourth-order valence-corrected chi connectivity index (χ4v) is 0.930. The van der Waals surface area contributed by atoms with E-state index in [1.165, 1.54) is 0 Å². The van der Waals surface area contributed by atoms with Crippen LogP contribution in [-0.4, -0.2) is 5.11 Å². The van der Waals surface area contributed by atoms with E-state index in [1.54, 1.807) is 6.08 Å². The third-order valence-corrected chi connectivity index (χ3v) is 1.87. The van der Waals surface area contributed by atoms with Crippen LogP contribution in [0.2, 0.25) is 0 Å². The van der Waals surface area contributed by atoms with Gasteiger partial charge in [-0.2, -0.15) is 0 Å². The molecule has 50 valence electrons. The van der Waals surface area contributed by atoms with Crippen LogP contribution in [0.15, 0.2) is 24.0 Å². The molecule has 0 aromatic heterocycles. The normalized spacial score (nSPS) is 32.9. The van der Waals surface area contributed by atoms with Gasteiger partial charge in [0.05, 0.1) is 0 Å². The van der Waals surface area contributed by atoms with Gasteiger partial charge in [0.25, 0.3) is 0 Å². The van der Waals surface area contributed by atoms with Crippen molar-refractivity contribution in [2.24, 2.45) is 5.41 Å². The Hall–Kier alpha value is -0.720. The minimum Gasteiger partial charge on any atom is -0.508 e. The summed E-state index contributed by atoms with van der Waals surface area (Å²) in [4.78, 5) is 0. The largest absolute Gasteiger partial charge is 0.508 e. The van der Waals surface area contributed by atoms with Gasteiger partial charge in [-0.3, -0.25) is 0 Å². The summed E-state index contributed by atoms with van der Waals surface area (Å²) < 4.78 is 0. The van der Waals surface area contributed by atoms with E-state index in [0.29, 0.717) is 5.76 Å². The molecule has 1 unspecified atom stereocenters. The van der Waals surface area contributed by atoms with Gasteiger partial charge in [-0.1, -0.05) is 19.9 Å². The number of aliphatic hydroxyl groups is 1. The summed E-state index contributed by atoms with van der Waals surface area (Å²) in [6.07, 6.45) is 6.71. The second kappa shape index (κ2) is 1.90. The average molecular weight is 124 g/mol. The third-order valence-electron chi connectivity index (χ3n) is 1.87. The highest BCUT2D eigenvalue weighted by Crippen LogP contribution is 2.30. The van der Waals surface area contributed by atoms with Crippen LogP contribution in [0, 0.1) is 5.41 Å². The van der Waals surface area contributed by atoms with Gasteiger partial charge in [-0.05, 0) is 18.6 Å². The third kappa shape index (κ3) is 1.15. The number of aliphatic hydroxyl groups excluding tert-OH is 1. The Balaban J connectivity index is 2.78. The fourth-order valence-electron chi connectivity index (χ4n) is 0.930. The quantitative estimate of drug-likeness (QED) is 0.569. The van der Waals surface area contributed by atoms with Crippen LogP contribution in [0.25, 0.3) is 0 Å². The van der Waals surface area contributed by atoms with Crippen molar-refractivity contribution < 1.29 is 5.11 Å². The average Bonchev–Trinajstić information content (AvgIpc) is 2.13. The number of hydrogen-bond donors (Lipinski definition) is 1. The van der Waals surface area contributed by atoms with Gasteiger partial charge < -0.3 is 5.11 Å². The Labute approximate surface area is 55.7 Å². The van der Waals surface area contributed by atoms with Crippen molar-refractivity contribution in [1.29, 1.82) is 0 Å². The van der Waals surface area contributed by atoms with E-state index in [9.17, 15) is 0 Å². The minimum atomic E-state index is 0.115. The van der Waals surface area contributed by atoms with Crippen LogP contribution in [0.1, 0.15) is 20.3 Å². The van der Waals surface area contributed by atoms with E-state index < -0.39 is 0 Å². The first-order valence-corrected chi connectivity index (χ1v) is 3.27. The fraction of sp³-hybridized carbons (Fsp3) is 0.500. The van der Waals surface area contributed by atoms with Gasteiger partial charge in [0.15, 0.2) is 0 Å². The van der Waals surface area contributed by atoms with Crippen molar-refractivity contribution in [3.63, 3.8) is 0 Å². The Kier molecular flexibility index (Phi) is 1.35. The van der Waals surface area contributed by atoms with Gasteiger partial charge in [-0.15, -0.1) is 0 Å². The molecule has 0 saturated carbocycles. The lowest BCUT2D eigenvalue weighted by molar-refractivity contribution is 0.423. The molecule has 0 bridgehead atoms. The van der Waals surface area contributed by atoms with Crippen molar-refractivity contribution in [2.45, 2.75) is 20.3 Å². The topological polar surface area (TPSA) is 20.2 Å². The SMILES string of the molecule is CCC1(C)C=CC(O)=C1. The minimum absolute atomic E-state index is 0.115. The molecule has 0 radical (unpaired) electrons. The van der Waals surface area contributed by atoms with Crippen molar-refractivity contribution in [3.05, 3.63) is 24.0 Å². The lowest BCUT2D eigenvalue weighted by Crippen LogP contribution is -2.03. The molecule has 1 rings (SSSR count). The number of hydrogen-bond acceptors (Lipinski definition) is 1. The highest BCUT2D eigenvalue weighted by atomic mass is 16.3. The zero-order valence-electron chi connectivity index (χ0n) is 5.89. The van der Waals surface area contributed by atoms with Gasteiger partial charge in [0.1, 0.15) is 5.76 Å². The Morgan fingerprint density at radius 3 is 2.56 bits per heavy atom. The van der Waals surface area contributed by atoms with E-state index in [0.717, 1.165) is 6.42 Å². The maximum absolute atomic E-state index is 8.97. The molecule has 1 heteroatoms. The second-order valence-corrected chi connectivity index (χ2v) is 2.76. The van der Waals surface area contributed by atoms with E-state index in [2.05, 4.69) is 13.8 Å². The van der Waals surface area contributed by atoms with Crippen molar-refractivity contribution in [2.75, 3.05) is 0 Å². The lowest BCUT2D eigenvalue weighted by atomic mass is 9.90. The van der Waals surface area contributed by atoms with Gasteiger partial charge >= 0.3 is 0 Å². The van der Waals surface area contributed by atoms with Gasteiger partial charge in [0, 0.05) is 5.41 Å². The first-order valence-electron chi connectivity index (χ1n) is 3.27. The number of allylic oxidation sites excluding steroid dienone is 3. The molecule has 1 N–H and O–H groups in total. The lowest BCUT2D eigenvalue weighted by Gasteiger charge is -2.14. The second-order valence-electron chi connectivity index (χ2n) is 2.76. The van der Waals surface area contributed by atoms with Crippen LogP contribution in [-0.2, 0) is 0 Å². The first kappa shape index (κ1) is 6.40. The molecule has 0 spiro atoms. The predicted octanol–water partition coefficient (Wildman–Crippen LogP) is 2.41. The molecule has 1 nitrogen and oxygen atoms in total. The van der Waals surface area contributed by atoms with Crippen LogP contribution >= 0.6 is 0 Å². The number of rotatable bonds is 1.